The van der Waals surface area contributed by atoms with Gasteiger partial charge in [-0.2, -0.15) is 5.10 Å². The van der Waals surface area contributed by atoms with Crippen molar-refractivity contribution in [1.82, 2.24) is 25.1 Å². The number of hydrogen-bond donors (Lipinski definition) is 2. The normalized spacial score (nSPS) is 15.8. The van der Waals surface area contributed by atoms with Crippen LogP contribution >= 0.6 is 11.6 Å². The van der Waals surface area contributed by atoms with Gasteiger partial charge < -0.3 is 9.88 Å². The summed E-state index contributed by atoms with van der Waals surface area (Å²) < 4.78 is 27.0. The lowest BCUT2D eigenvalue weighted by Gasteiger charge is -2.31. The van der Waals surface area contributed by atoms with Gasteiger partial charge in [0.15, 0.2) is 11.6 Å². The van der Waals surface area contributed by atoms with Crippen LogP contribution in [0.4, 0.5) is 8.78 Å². The zero-order valence-corrected chi connectivity index (χ0v) is 17.3. The highest BCUT2D eigenvalue weighted by molar-refractivity contribution is 6.31. The predicted molar refractivity (Wildman–Crippen MR) is 116 cm³/mol. The van der Waals surface area contributed by atoms with E-state index in [1.165, 1.54) is 0 Å². The molecule has 5 rings (SSSR count). The molecule has 0 atom stereocenters. The standard InChI is InChI=1S/C22H20ClF2N5O/c23-13-1-2-18-14(9-13)19(29-28-18)5-8-30-6-3-12(4-7-30)21-26-20-11-17(25)16(24)10-15(20)22(31)27-21/h1-2,9-12H,3-8H2,(H,28,29)(H,26,27,31). The van der Waals surface area contributed by atoms with Crippen LogP contribution in [-0.4, -0.2) is 44.7 Å². The van der Waals surface area contributed by atoms with Gasteiger partial charge in [0.2, 0.25) is 0 Å². The first kappa shape index (κ1) is 20.1. The van der Waals surface area contributed by atoms with E-state index in [4.69, 9.17) is 11.6 Å². The molecule has 0 amide bonds. The minimum Gasteiger partial charge on any atom is -0.310 e. The van der Waals surface area contributed by atoms with Crippen molar-refractivity contribution < 1.29 is 8.78 Å². The molecule has 4 aromatic rings. The van der Waals surface area contributed by atoms with Crippen LogP contribution in [0.3, 0.4) is 0 Å². The van der Waals surface area contributed by atoms with Gasteiger partial charge in [0.25, 0.3) is 5.56 Å². The number of aromatic amines is 2. The van der Waals surface area contributed by atoms with Crippen molar-refractivity contribution in [3.8, 4) is 0 Å². The number of benzene rings is 2. The summed E-state index contributed by atoms with van der Waals surface area (Å²) in [6.45, 7) is 2.59. The number of nitrogens with zero attached hydrogens (tertiary/aromatic N) is 3. The Kier molecular flexibility index (Phi) is 5.19. The van der Waals surface area contributed by atoms with Gasteiger partial charge in [-0.1, -0.05) is 11.6 Å². The van der Waals surface area contributed by atoms with E-state index in [0.29, 0.717) is 10.8 Å². The zero-order chi connectivity index (χ0) is 21.5. The number of H-pyrrole nitrogens is 2. The molecule has 2 N–H and O–H groups in total. The second-order valence-electron chi connectivity index (χ2n) is 7.96. The third kappa shape index (κ3) is 3.93. The highest BCUT2D eigenvalue weighted by Crippen LogP contribution is 2.27. The first-order valence-corrected chi connectivity index (χ1v) is 10.6. The lowest BCUT2D eigenvalue weighted by molar-refractivity contribution is 0.211. The van der Waals surface area contributed by atoms with Gasteiger partial charge in [-0.25, -0.2) is 13.8 Å². The Hall–Kier alpha value is -2.84. The van der Waals surface area contributed by atoms with Gasteiger partial charge in [0, 0.05) is 41.1 Å². The van der Waals surface area contributed by atoms with Crippen LogP contribution in [0.25, 0.3) is 21.8 Å². The van der Waals surface area contributed by atoms with E-state index in [0.717, 1.165) is 67.6 Å². The molecular weight excluding hydrogens is 424 g/mol. The van der Waals surface area contributed by atoms with Gasteiger partial charge in [0.05, 0.1) is 16.4 Å². The van der Waals surface area contributed by atoms with Crippen LogP contribution < -0.4 is 5.56 Å². The Balaban J connectivity index is 1.25. The Morgan fingerprint density at radius 3 is 2.65 bits per heavy atom. The molecule has 6 nitrogen and oxygen atoms in total. The fraction of sp³-hybridized carbons (Fsp3) is 0.318. The van der Waals surface area contributed by atoms with Crippen molar-refractivity contribution in [3.05, 3.63) is 68.9 Å². The van der Waals surface area contributed by atoms with Crippen molar-refractivity contribution in [2.45, 2.75) is 25.2 Å². The molecule has 0 bridgehead atoms. The smallest absolute Gasteiger partial charge is 0.258 e. The van der Waals surface area contributed by atoms with E-state index >= 15 is 0 Å². The molecule has 31 heavy (non-hydrogen) atoms. The first-order chi connectivity index (χ1) is 15.0. The summed E-state index contributed by atoms with van der Waals surface area (Å²) in [5.74, 6) is -1.43. The Morgan fingerprint density at radius 1 is 1.06 bits per heavy atom. The summed E-state index contributed by atoms with van der Waals surface area (Å²) in [4.78, 5) is 21.9. The van der Waals surface area contributed by atoms with Gasteiger partial charge in [-0.15, -0.1) is 0 Å². The van der Waals surface area contributed by atoms with E-state index in [1.807, 2.05) is 18.2 Å². The number of fused-ring (bicyclic) bond motifs is 2. The number of likely N-dealkylation sites (tertiary alicyclic amines) is 1. The minimum atomic E-state index is -1.05. The molecule has 2 aromatic heterocycles. The molecule has 1 aliphatic rings. The molecule has 0 radical (unpaired) electrons. The van der Waals surface area contributed by atoms with Crippen LogP contribution in [0.5, 0.6) is 0 Å². The topological polar surface area (TPSA) is 77.7 Å². The fourth-order valence-corrected chi connectivity index (χ4v) is 4.44. The molecular formula is C22H20ClF2N5O. The molecule has 2 aromatic carbocycles. The molecule has 1 saturated heterocycles. The summed E-state index contributed by atoms with van der Waals surface area (Å²) in [7, 11) is 0. The van der Waals surface area contributed by atoms with Crippen molar-refractivity contribution in [3.63, 3.8) is 0 Å². The second kappa shape index (κ2) is 8.01. The van der Waals surface area contributed by atoms with Crippen LogP contribution in [0, 0.1) is 11.6 Å². The summed E-state index contributed by atoms with van der Waals surface area (Å²) in [5, 5.41) is 9.23. The molecule has 9 heteroatoms. The molecule has 0 unspecified atom stereocenters. The van der Waals surface area contributed by atoms with E-state index < -0.39 is 17.2 Å². The van der Waals surface area contributed by atoms with Crippen molar-refractivity contribution >= 4 is 33.4 Å². The van der Waals surface area contributed by atoms with Crippen molar-refractivity contribution in [1.29, 1.82) is 0 Å². The SMILES string of the molecule is O=c1[nH]c(C2CCN(CCc3[nH]nc4ccc(Cl)cc34)CC2)nc2cc(F)c(F)cc12. The molecule has 160 valence electrons. The summed E-state index contributed by atoms with van der Waals surface area (Å²) in [5.41, 5.74) is 1.71. The molecule has 0 saturated carbocycles. The number of aromatic nitrogens is 4. The van der Waals surface area contributed by atoms with E-state index in [2.05, 4.69) is 25.1 Å². The minimum absolute atomic E-state index is 0.0620. The Bertz CT molecular complexity index is 1330. The average Bonchev–Trinajstić information content (AvgIpc) is 3.16. The van der Waals surface area contributed by atoms with Gasteiger partial charge in [0.1, 0.15) is 5.82 Å². The quantitative estimate of drug-likeness (QED) is 0.496. The number of nitrogens with one attached hydrogen (secondary N) is 2. The number of piperidine rings is 1. The van der Waals surface area contributed by atoms with Crippen LogP contribution in [0.15, 0.2) is 35.1 Å². The summed E-state index contributed by atoms with van der Waals surface area (Å²) in [6, 6.07) is 7.54. The van der Waals surface area contributed by atoms with Crippen molar-refractivity contribution in [2.75, 3.05) is 19.6 Å². The van der Waals surface area contributed by atoms with Crippen molar-refractivity contribution in [2.24, 2.45) is 0 Å². The van der Waals surface area contributed by atoms with E-state index in [9.17, 15) is 13.6 Å². The molecule has 3 heterocycles. The molecule has 0 spiro atoms. The van der Waals surface area contributed by atoms with Gasteiger partial charge in [-0.3, -0.25) is 9.89 Å². The van der Waals surface area contributed by atoms with Crippen LogP contribution in [-0.2, 0) is 6.42 Å². The van der Waals surface area contributed by atoms with E-state index in [-0.39, 0.29) is 16.8 Å². The average molecular weight is 444 g/mol. The maximum absolute atomic E-state index is 13.6. The summed E-state index contributed by atoms with van der Waals surface area (Å²) in [6.07, 6.45) is 2.48. The number of rotatable bonds is 4. The second-order valence-corrected chi connectivity index (χ2v) is 8.40. The Morgan fingerprint density at radius 2 is 1.84 bits per heavy atom. The Labute approximate surface area is 181 Å². The largest absolute Gasteiger partial charge is 0.310 e. The lowest BCUT2D eigenvalue weighted by atomic mass is 9.95. The third-order valence-electron chi connectivity index (χ3n) is 6.01. The highest BCUT2D eigenvalue weighted by atomic mass is 35.5. The maximum atomic E-state index is 13.6. The molecule has 1 fully saturated rings. The number of halogens is 3. The monoisotopic (exact) mass is 443 g/mol. The summed E-state index contributed by atoms with van der Waals surface area (Å²) >= 11 is 6.11. The van der Waals surface area contributed by atoms with Crippen LogP contribution in [0.1, 0.15) is 30.3 Å². The lowest BCUT2D eigenvalue weighted by Crippen LogP contribution is -2.35. The number of hydrogen-bond acceptors (Lipinski definition) is 4. The maximum Gasteiger partial charge on any atom is 0.258 e. The fourth-order valence-electron chi connectivity index (χ4n) is 4.27. The highest BCUT2D eigenvalue weighted by Gasteiger charge is 2.23. The molecule has 0 aliphatic carbocycles. The predicted octanol–water partition coefficient (Wildman–Crippen LogP) is 4.15. The van der Waals surface area contributed by atoms with Crippen LogP contribution in [0.2, 0.25) is 5.02 Å². The van der Waals surface area contributed by atoms with Gasteiger partial charge >= 0.3 is 0 Å². The first-order valence-electron chi connectivity index (χ1n) is 10.2. The molecule has 1 aliphatic heterocycles. The third-order valence-corrected chi connectivity index (χ3v) is 6.25. The zero-order valence-electron chi connectivity index (χ0n) is 16.6. The van der Waals surface area contributed by atoms with Gasteiger partial charge in [-0.05, 0) is 50.2 Å². The van der Waals surface area contributed by atoms with E-state index in [1.54, 1.807) is 0 Å².